The van der Waals surface area contributed by atoms with Gasteiger partial charge in [-0.25, -0.2) is 4.98 Å². The molecule has 7 heteroatoms. The monoisotopic (exact) mass is 422 g/mol. The van der Waals surface area contributed by atoms with E-state index in [1.54, 1.807) is 23.2 Å². The molecule has 1 unspecified atom stereocenters. The van der Waals surface area contributed by atoms with Gasteiger partial charge in [0.25, 0.3) is 5.91 Å². The first kappa shape index (κ1) is 21.2. The fourth-order valence-electron chi connectivity index (χ4n) is 3.87. The predicted molar refractivity (Wildman–Crippen MR) is 119 cm³/mol. The van der Waals surface area contributed by atoms with Gasteiger partial charge in [0.1, 0.15) is 11.6 Å². The molecule has 1 aliphatic heterocycles. The second kappa shape index (κ2) is 9.81. The minimum atomic E-state index is -0.143. The van der Waals surface area contributed by atoms with E-state index in [1.807, 2.05) is 31.2 Å². The van der Waals surface area contributed by atoms with Crippen LogP contribution in [-0.4, -0.2) is 47.9 Å². The quantitative estimate of drug-likeness (QED) is 0.679. The number of aromatic nitrogens is 1. The number of hydrogen-bond acceptors (Lipinski definition) is 5. The van der Waals surface area contributed by atoms with E-state index in [4.69, 9.17) is 4.74 Å². The standard InChI is InChI=1S/C24H30N4O3/c1-2-31-20-11-9-19(10-12-20)27-22-21(6-3-13-25-22)24(30)28-14-4-5-18(16-28)23(29)26-15-17-7-8-17/h3,6,9-13,17-18H,2,4-5,7-8,14-16H2,1H3,(H,25,27)(H,26,29). The van der Waals surface area contributed by atoms with Crippen LogP contribution in [-0.2, 0) is 4.79 Å². The Bertz CT molecular complexity index is 911. The average Bonchev–Trinajstić information content (AvgIpc) is 3.63. The zero-order chi connectivity index (χ0) is 21.6. The van der Waals surface area contributed by atoms with Crippen molar-refractivity contribution in [1.29, 1.82) is 0 Å². The Kier molecular flexibility index (Phi) is 6.70. The smallest absolute Gasteiger partial charge is 0.257 e. The van der Waals surface area contributed by atoms with E-state index in [2.05, 4.69) is 15.6 Å². The zero-order valence-corrected chi connectivity index (χ0v) is 18.0. The minimum Gasteiger partial charge on any atom is -0.494 e. The van der Waals surface area contributed by atoms with Crippen molar-refractivity contribution in [2.24, 2.45) is 11.8 Å². The molecule has 7 nitrogen and oxygen atoms in total. The molecule has 164 valence electrons. The number of ether oxygens (including phenoxy) is 1. The van der Waals surface area contributed by atoms with Crippen LogP contribution in [0.5, 0.6) is 5.75 Å². The first-order valence-electron chi connectivity index (χ1n) is 11.2. The number of anilines is 2. The highest BCUT2D eigenvalue weighted by molar-refractivity contribution is 5.99. The van der Waals surface area contributed by atoms with Gasteiger partial charge in [-0.15, -0.1) is 0 Å². The van der Waals surface area contributed by atoms with Gasteiger partial charge in [-0.3, -0.25) is 9.59 Å². The highest BCUT2D eigenvalue weighted by atomic mass is 16.5. The number of carbonyl (C=O) groups excluding carboxylic acids is 2. The van der Waals surface area contributed by atoms with E-state index in [9.17, 15) is 9.59 Å². The highest BCUT2D eigenvalue weighted by Crippen LogP contribution is 2.28. The van der Waals surface area contributed by atoms with Crippen molar-refractivity contribution < 1.29 is 14.3 Å². The molecule has 2 aliphatic rings. The Morgan fingerprint density at radius 2 is 1.97 bits per heavy atom. The van der Waals surface area contributed by atoms with Crippen molar-refractivity contribution in [2.45, 2.75) is 32.6 Å². The summed E-state index contributed by atoms with van der Waals surface area (Å²) in [4.78, 5) is 32.0. The van der Waals surface area contributed by atoms with Gasteiger partial charge in [0.15, 0.2) is 0 Å². The molecule has 1 atom stereocenters. The molecule has 1 aromatic heterocycles. The van der Waals surface area contributed by atoms with Crippen molar-refractivity contribution in [2.75, 3.05) is 31.6 Å². The molecule has 1 saturated heterocycles. The number of likely N-dealkylation sites (tertiary alicyclic amines) is 1. The van der Waals surface area contributed by atoms with Gasteiger partial charge in [0.05, 0.1) is 18.1 Å². The Balaban J connectivity index is 1.42. The van der Waals surface area contributed by atoms with Crippen LogP contribution in [0, 0.1) is 11.8 Å². The molecule has 0 radical (unpaired) electrons. The topological polar surface area (TPSA) is 83.6 Å². The van der Waals surface area contributed by atoms with E-state index in [0.717, 1.165) is 30.8 Å². The summed E-state index contributed by atoms with van der Waals surface area (Å²) in [5, 5.41) is 6.30. The maximum atomic E-state index is 13.3. The van der Waals surface area contributed by atoms with Gasteiger partial charge >= 0.3 is 0 Å². The molecule has 2 amide bonds. The average molecular weight is 423 g/mol. The van der Waals surface area contributed by atoms with Crippen LogP contribution < -0.4 is 15.4 Å². The van der Waals surface area contributed by atoms with E-state index in [1.165, 1.54) is 12.8 Å². The SMILES string of the molecule is CCOc1ccc(Nc2ncccc2C(=O)N2CCCC(C(=O)NCC3CC3)C2)cc1. The summed E-state index contributed by atoms with van der Waals surface area (Å²) >= 11 is 0. The van der Waals surface area contributed by atoms with Gasteiger partial charge in [0, 0.05) is 31.5 Å². The second-order valence-electron chi connectivity index (χ2n) is 8.26. The zero-order valence-electron chi connectivity index (χ0n) is 18.0. The van der Waals surface area contributed by atoms with Crippen LogP contribution in [0.1, 0.15) is 43.0 Å². The highest BCUT2D eigenvalue weighted by Gasteiger charge is 2.31. The van der Waals surface area contributed by atoms with Crippen molar-refractivity contribution in [3.8, 4) is 5.75 Å². The van der Waals surface area contributed by atoms with Crippen molar-refractivity contribution in [1.82, 2.24) is 15.2 Å². The second-order valence-corrected chi connectivity index (χ2v) is 8.26. The van der Waals surface area contributed by atoms with Gasteiger partial charge in [-0.1, -0.05) is 0 Å². The van der Waals surface area contributed by atoms with Crippen LogP contribution in [0.2, 0.25) is 0 Å². The molecule has 1 aliphatic carbocycles. The first-order valence-corrected chi connectivity index (χ1v) is 11.2. The van der Waals surface area contributed by atoms with E-state index < -0.39 is 0 Å². The van der Waals surface area contributed by atoms with Gasteiger partial charge in [-0.2, -0.15) is 0 Å². The summed E-state index contributed by atoms with van der Waals surface area (Å²) in [6.45, 7) is 4.43. The molecule has 2 fully saturated rings. The van der Waals surface area contributed by atoms with E-state index in [-0.39, 0.29) is 17.7 Å². The van der Waals surface area contributed by atoms with Gasteiger partial charge in [0.2, 0.25) is 5.91 Å². The van der Waals surface area contributed by atoms with Crippen LogP contribution in [0.15, 0.2) is 42.6 Å². The number of pyridine rings is 1. The molecule has 0 spiro atoms. The summed E-state index contributed by atoms with van der Waals surface area (Å²) in [5.41, 5.74) is 1.34. The molecule has 2 aromatic rings. The summed E-state index contributed by atoms with van der Waals surface area (Å²) in [6.07, 6.45) is 5.74. The molecule has 0 bridgehead atoms. The van der Waals surface area contributed by atoms with Crippen LogP contribution in [0.25, 0.3) is 0 Å². The normalized spacial score (nSPS) is 18.4. The molecular formula is C24H30N4O3. The largest absolute Gasteiger partial charge is 0.494 e. The summed E-state index contributed by atoms with van der Waals surface area (Å²) in [7, 11) is 0. The lowest BCUT2D eigenvalue weighted by atomic mass is 9.96. The van der Waals surface area contributed by atoms with E-state index >= 15 is 0 Å². The third-order valence-corrected chi connectivity index (χ3v) is 5.81. The molecule has 1 saturated carbocycles. The maximum absolute atomic E-state index is 13.3. The van der Waals surface area contributed by atoms with Crippen molar-refractivity contribution in [3.63, 3.8) is 0 Å². The number of rotatable bonds is 8. The Labute approximate surface area is 183 Å². The number of benzene rings is 1. The lowest BCUT2D eigenvalue weighted by Gasteiger charge is -2.32. The number of hydrogen-bond donors (Lipinski definition) is 2. The summed E-state index contributed by atoms with van der Waals surface area (Å²) in [5.74, 6) is 1.79. The summed E-state index contributed by atoms with van der Waals surface area (Å²) in [6, 6.07) is 11.1. The van der Waals surface area contributed by atoms with Crippen LogP contribution >= 0.6 is 0 Å². The number of piperidine rings is 1. The fraction of sp³-hybridized carbons (Fsp3) is 0.458. The van der Waals surface area contributed by atoms with Crippen molar-refractivity contribution >= 4 is 23.3 Å². The molecule has 2 N–H and O–H groups in total. The molecular weight excluding hydrogens is 392 g/mol. The number of nitrogens with one attached hydrogen (secondary N) is 2. The third kappa shape index (κ3) is 5.54. The molecule has 4 rings (SSSR count). The van der Waals surface area contributed by atoms with Crippen molar-refractivity contribution in [3.05, 3.63) is 48.2 Å². The molecule has 1 aromatic carbocycles. The Hall–Kier alpha value is -3.09. The Morgan fingerprint density at radius 3 is 2.71 bits per heavy atom. The van der Waals surface area contributed by atoms with Crippen LogP contribution in [0.3, 0.4) is 0 Å². The first-order chi connectivity index (χ1) is 15.1. The molecule has 2 heterocycles. The van der Waals surface area contributed by atoms with Gasteiger partial charge in [-0.05, 0) is 74.9 Å². The van der Waals surface area contributed by atoms with E-state index in [0.29, 0.717) is 37.0 Å². The maximum Gasteiger partial charge on any atom is 0.257 e. The lowest BCUT2D eigenvalue weighted by Crippen LogP contribution is -2.45. The predicted octanol–water partition coefficient (Wildman–Crippen LogP) is 3.60. The number of carbonyl (C=O) groups is 2. The fourth-order valence-corrected chi connectivity index (χ4v) is 3.87. The number of nitrogens with zero attached hydrogens (tertiary/aromatic N) is 2. The van der Waals surface area contributed by atoms with Crippen LogP contribution in [0.4, 0.5) is 11.5 Å². The minimum absolute atomic E-state index is 0.0725. The summed E-state index contributed by atoms with van der Waals surface area (Å²) < 4.78 is 5.48. The van der Waals surface area contributed by atoms with Gasteiger partial charge < -0.3 is 20.3 Å². The number of amides is 2. The Morgan fingerprint density at radius 1 is 1.16 bits per heavy atom. The molecule has 31 heavy (non-hydrogen) atoms. The lowest BCUT2D eigenvalue weighted by molar-refractivity contribution is -0.126. The third-order valence-electron chi connectivity index (χ3n) is 5.81.